The number of ether oxygens (including phenoxy) is 3. The molecule has 1 N–H and O–H groups in total. The summed E-state index contributed by atoms with van der Waals surface area (Å²) in [6.07, 6.45) is 0.203. The Bertz CT molecular complexity index is 532. The van der Waals surface area contributed by atoms with Crippen molar-refractivity contribution in [2.45, 2.75) is 19.9 Å². The molecule has 0 aliphatic rings. The van der Waals surface area contributed by atoms with Gasteiger partial charge in [-0.1, -0.05) is 0 Å². The van der Waals surface area contributed by atoms with Crippen LogP contribution in [0.2, 0.25) is 0 Å². The topological polar surface area (TPSA) is 99.9 Å². The van der Waals surface area contributed by atoms with Crippen molar-refractivity contribution in [3.05, 3.63) is 27.8 Å². The molecule has 0 heterocycles. The van der Waals surface area contributed by atoms with Gasteiger partial charge in [0.25, 0.3) is 5.69 Å². The van der Waals surface area contributed by atoms with Gasteiger partial charge in [-0.05, 0) is 13.0 Å². The molecule has 0 fully saturated rings. The van der Waals surface area contributed by atoms with E-state index in [4.69, 9.17) is 14.2 Å². The standard InChI is InChI=1S/C14H20N2O6/c1-4-22-14(17)5-6-15-9-10-7-12(20-2)13(21-3)8-11(10)16(18)19/h7-8,15H,4-6,9H2,1-3H3. The lowest BCUT2D eigenvalue weighted by Gasteiger charge is -2.11. The molecule has 22 heavy (non-hydrogen) atoms. The number of nitro groups is 1. The summed E-state index contributed by atoms with van der Waals surface area (Å²) in [5.41, 5.74) is 0.382. The van der Waals surface area contributed by atoms with Gasteiger partial charge in [0.05, 0.1) is 38.2 Å². The first-order chi connectivity index (χ1) is 10.5. The summed E-state index contributed by atoms with van der Waals surface area (Å²) in [7, 11) is 2.88. The molecule has 0 unspecified atom stereocenters. The van der Waals surface area contributed by atoms with Crippen LogP contribution in [0.15, 0.2) is 12.1 Å². The number of rotatable bonds is 9. The van der Waals surface area contributed by atoms with E-state index in [-0.39, 0.29) is 24.6 Å². The summed E-state index contributed by atoms with van der Waals surface area (Å²) < 4.78 is 15.0. The zero-order valence-corrected chi connectivity index (χ0v) is 12.9. The maximum atomic E-state index is 11.2. The van der Waals surface area contributed by atoms with E-state index in [0.29, 0.717) is 30.2 Å². The number of nitro benzene ring substituents is 1. The highest BCUT2D eigenvalue weighted by atomic mass is 16.6. The predicted molar refractivity (Wildman–Crippen MR) is 79.2 cm³/mol. The first-order valence-electron chi connectivity index (χ1n) is 6.79. The molecule has 0 saturated carbocycles. The van der Waals surface area contributed by atoms with Crippen LogP contribution in [-0.4, -0.2) is 38.3 Å². The fourth-order valence-electron chi connectivity index (χ4n) is 1.87. The van der Waals surface area contributed by atoms with Crippen LogP contribution in [0.5, 0.6) is 11.5 Å². The van der Waals surface area contributed by atoms with Crippen molar-refractivity contribution in [3.8, 4) is 11.5 Å². The van der Waals surface area contributed by atoms with Crippen LogP contribution in [-0.2, 0) is 16.1 Å². The second-order valence-corrected chi connectivity index (χ2v) is 4.32. The van der Waals surface area contributed by atoms with E-state index in [2.05, 4.69) is 5.32 Å². The number of methoxy groups -OCH3 is 2. The maximum Gasteiger partial charge on any atom is 0.307 e. The molecule has 0 atom stereocenters. The summed E-state index contributed by atoms with van der Waals surface area (Å²) in [6, 6.07) is 2.87. The summed E-state index contributed by atoms with van der Waals surface area (Å²) in [6.45, 7) is 2.67. The molecule has 1 aromatic rings. The van der Waals surface area contributed by atoms with Crippen LogP contribution in [0, 0.1) is 10.1 Å². The van der Waals surface area contributed by atoms with Gasteiger partial charge in [0.2, 0.25) is 0 Å². The Morgan fingerprint density at radius 3 is 2.45 bits per heavy atom. The molecule has 8 heteroatoms. The molecule has 1 rings (SSSR count). The SMILES string of the molecule is CCOC(=O)CCNCc1cc(OC)c(OC)cc1[N+](=O)[O-]. The van der Waals surface area contributed by atoms with Crippen LogP contribution in [0.3, 0.4) is 0 Å². The first-order valence-corrected chi connectivity index (χ1v) is 6.79. The zero-order valence-electron chi connectivity index (χ0n) is 12.9. The van der Waals surface area contributed by atoms with Gasteiger partial charge in [-0.25, -0.2) is 0 Å². The quantitative estimate of drug-likeness (QED) is 0.320. The minimum atomic E-state index is -0.482. The fourth-order valence-corrected chi connectivity index (χ4v) is 1.87. The van der Waals surface area contributed by atoms with Gasteiger partial charge in [0.1, 0.15) is 0 Å². The Morgan fingerprint density at radius 1 is 1.27 bits per heavy atom. The monoisotopic (exact) mass is 312 g/mol. The van der Waals surface area contributed by atoms with E-state index in [0.717, 1.165) is 0 Å². The number of carbonyl (C=O) groups excluding carboxylic acids is 1. The molecule has 122 valence electrons. The Balaban J connectivity index is 2.76. The molecular formula is C14H20N2O6. The van der Waals surface area contributed by atoms with Crippen molar-refractivity contribution in [2.24, 2.45) is 0 Å². The number of carbonyl (C=O) groups is 1. The van der Waals surface area contributed by atoms with Crippen molar-refractivity contribution in [3.63, 3.8) is 0 Å². The summed E-state index contributed by atoms with van der Waals surface area (Å²) in [4.78, 5) is 21.8. The Kier molecular flexibility index (Phi) is 7.11. The van der Waals surface area contributed by atoms with E-state index in [1.807, 2.05) is 0 Å². The van der Waals surface area contributed by atoms with Crippen LogP contribution in [0.25, 0.3) is 0 Å². The van der Waals surface area contributed by atoms with Crippen LogP contribution in [0.1, 0.15) is 18.9 Å². The highest BCUT2D eigenvalue weighted by Crippen LogP contribution is 2.34. The molecule has 0 spiro atoms. The largest absolute Gasteiger partial charge is 0.493 e. The van der Waals surface area contributed by atoms with E-state index < -0.39 is 4.92 Å². The number of hydrogen-bond acceptors (Lipinski definition) is 7. The molecule has 8 nitrogen and oxygen atoms in total. The van der Waals surface area contributed by atoms with Gasteiger partial charge in [-0.2, -0.15) is 0 Å². The number of nitrogens with one attached hydrogen (secondary N) is 1. The van der Waals surface area contributed by atoms with Gasteiger partial charge in [0.15, 0.2) is 11.5 Å². The van der Waals surface area contributed by atoms with Gasteiger partial charge < -0.3 is 19.5 Å². The van der Waals surface area contributed by atoms with E-state index >= 15 is 0 Å². The lowest BCUT2D eigenvalue weighted by molar-refractivity contribution is -0.385. The fraction of sp³-hybridized carbons (Fsp3) is 0.500. The third-order valence-corrected chi connectivity index (χ3v) is 2.91. The number of esters is 1. The van der Waals surface area contributed by atoms with Crippen LogP contribution in [0.4, 0.5) is 5.69 Å². The number of benzene rings is 1. The first kappa shape index (κ1) is 17.7. The second-order valence-electron chi connectivity index (χ2n) is 4.32. The maximum absolute atomic E-state index is 11.2. The molecule has 0 bridgehead atoms. The minimum absolute atomic E-state index is 0.0683. The molecular weight excluding hydrogens is 292 g/mol. The lowest BCUT2D eigenvalue weighted by Crippen LogP contribution is -2.19. The van der Waals surface area contributed by atoms with E-state index in [9.17, 15) is 14.9 Å². The van der Waals surface area contributed by atoms with Gasteiger partial charge in [0, 0.05) is 18.7 Å². The highest BCUT2D eigenvalue weighted by Gasteiger charge is 2.19. The van der Waals surface area contributed by atoms with Gasteiger partial charge in [-0.3, -0.25) is 14.9 Å². The van der Waals surface area contributed by atoms with Gasteiger partial charge in [-0.15, -0.1) is 0 Å². The Hall–Kier alpha value is -2.35. The van der Waals surface area contributed by atoms with Gasteiger partial charge >= 0.3 is 5.97 Å². The molecule has 0 amide bonds. The predicted octanol–water partition coefficient (Wildman–Crippen LogP) is 1.65. The van der Waals surface area contributed by atoms with Crippen LogP contribution < -0.4 is 14.8 Å². The molecule has 1 aromatic carbocycles. The second kappa shape index (κ2) is 8.83. The molecule has 0 saturated heterocycles. The Labute approximate surface area is 128 Å². The third-order valence-electron chi connectivity index (χ3n) is 2.91. The lowest BCUT2D eigenvalue weighted by atomic mass is 10.1. The Morgan fingerprint density at radius 2 is 1.91 bits per heavy atom. The van der Waals surface area contributed by atoms with Crippen molar-refractivity contribution < 1.29 is 23.9 Å². The van der Waals surface area contributed by atoms with Crippen molar-refractivity contribution >= 4 is 11.7 Å². The zero-order chi connectivity index (χ0) is 16.5. The summed E-state index contributed by atoms with van der Waals surface area (Å²) in [5.74, 6) is 0.400. The van der Waals surface area contributed by atoms with Crippen molar-refractivity contribution in [2.75, 3.05) is 27.4 Å². The average molecular weight is 312 g/mol. The van der Waals surface area contributed by atoms with Crippen molar-refractivity contribution in [1.82, 2.24) is 5.32 Å². The summed E-state index contributed by atoms with van der Waals surface area (Å²) >= 11 is 0. The third kappa shape index (κ3) is 4.88. The highest BCUT2D eigenvalue weighted by molar-refractivity contribution is 5.69. The molecule has 0 aromatic heterocycles. The van der Waals surface area contributed by atoms with E-state index in [1.165, 1.54) is 20.3 Å². The summed E-state index contributed by atoms with van der Waals surface area (Å²) in [5, 5.41) is 14.1. The number of hydrogen-bond donors (Lipinski definition) is 1. The normalized spacial score (nSPS) is 10.1. The smallest absolute Gasteiger partial charge is 0.307 e. The molecule has 0 aliphatic heterocycles. The molecule has 0 aliphatic carbocycles. The van der Waals surface area contributed by atoms with Crippen molar-refractivity contribution in [1.29, 1.82) is 0 Å². The van der Waals surface area contributed by atoms with Crippen LogP contribution >= 0.6 is 0 Å². The average Bonchev–Trinajstić information content (AvgIpc) is 2.50. The molecule has 0 radical (unpaired) electrons. The minimum Gasteiger partial charge on any atom is -0.493 e. The van der Waals surface area contributed by atoms with E-state index in [1.54, 1.807) is 13.0 Å². The number of nitrogens with zero attached hydrogens (tertiary/aromatic N) is 1.